The van der Waals surface area contributed by atoms with Gasteiger partial charge >= 0.3 is 0 Å². The Hall–Kier alpha value is -2.17. The second-order valence-corrected chi connectivity index (χ2v) is 3.70. The van der Waals surface area contributed by atoms with E-state index in [0.29, 0.717) is 5.56 Å². The molecule has 5 heteroatoms. The van der Waals surface area contributed by atoms with Gasteiger partial charge in [0.05, 0.1) is 11.9 Å². The van der Waals surface area contributed by atoms with Crippen LogP contribution in [0.25, 0.3) is 0 Å². The molecule has 0 saturated carbocycles. The maximum atomic E-state index is 13.5. The highest BCUT2D eigenvalue weighted by atomic mass is 19.1. The molecule has 0 amide bonds. The number of nitrogens with zero attached hydrogens (tertiary/aromatic N) is 1. The lowest BCUT2D eigenvalue weighted by Crippen LogP contribution is -2.11. The highest BCUT2D eigenvalue weighted by Crippen LogP contribution is 2.24. The van der Waals surface area contributed by atoms with E-state index in [2.05, 4.69) is 9.97 Å². The quantitative estimate of drug-likeness (QED) is 0.867. The third kappa shape index (κ3) is 2.33. The van der Waals surface area contributed by atoms with Gasteiger partial charge in [0.2, 0.25) is 5.88 Å². The Bertz CT molecular complexity index is 608. The Kier molecular flexibility index (Phi) is 2.91. The summed E-state index contributed by atoms with van der Waals surface area (Å²) in [6.07, 6.45) is 1.22. The number of rotatable bonds is 2. The summed E-state index contributed by atoms with van der Waals surface area (Å²) in [5.41, 5.74) is 0.806. The van der Waals surface area contributed by atoms with Gasteiger partial charge in [0.1, 0.15) is 0 Å². The number of benzene rings is 1. The van der Waals surface area contributed by atoms with Gasteiger partial charge in [-0.2, -0.15) is 0 Å². The van der Waals surface area contributed by atoms with Crippen LogP contribution < -0.4 is 10.3 Å². The molecule has 1 N–H and O–H groups in total. The van der Waals surface area contributed by atoms with Gasteiger partial charge in [0.25, 0.3) is 5.56 Å². The zero-order chi connectivity index (χ0) is 12.4. The molecule has 1 heterocycles. The van der Waals surface area contributed by atoms with E-state index in [1.165, 1.54) is 18.5 Å². The van der Waals surface area contributed by atoms with Crippen LogP contribution in [0.2, 0.25) is 0 Å². The molecule has 0 unspecified atom stereocenters. The van der Waals surface area contributed by atoms with Crippen molar-refractivity contribution in [2.24, 2.45) is 0 Å². The van der Waals surface area contributed by atoms with Crippen molar-refractivity contribution in [1.29, 1.82) is 0 Å². The summed E-state index contributed by atoms with van der Waals surface area (Å²) in [6, 6.07) is 4.59. The lowest BCUT2D eigenvalue weighted by Gasteiger charge is -2.07. The van der Waals surface area contributed by atoms with E-state index in [0.717, 1.165) is 5.56 Å². The Morgan fingerprint density at radius 1 is 1.35 bits per heavy atom. The zero-order valence-electron chi connectivity index (χ0n) is 9.45. The molecule has 0 aliphatic carbocycles. The molecular formula is C12H11FN2O2. The number of nitrogens with one attached hydrogen (secondary N) is 1. The average Bonchev–Trinajstić information content (AvgIpc) is 2.28. The second-order valence-electron chi connectivity index (χ2n) is 3.70. The van der Waals surface area contributed by atoms with Crippen molar-refractivity contribution in [3.05, 3.63) is 51.8 Å². The SMILES string of the molecule is Cc1ccc(Oc2nc[nH]c(=O)c2C)c(F)c1. The third-order valence-electron chi connectivity index (χ3n) is 2.33. The molecule has 0 aliphatic rings. The van der Waals surface area contributed by atoms with E-state index in [1.807, 2.05) is 0 Å². The Labute approximate surface area is 97.1 Å². The molecule has 88 valence electrons. The van der Waals surface area contributed by atoms with Crippen molar-refractivity contribution in [2.75, 3.05) is 0 Å². The van der Waals surface area contributed by atoms with E-state index < -0.39 is 5.82 Å². The molecule has 1 aromatic carbocycles. The van der Waals surface area contributed by atoms with Gasteiger partial charge in [-0.3, -0.25) is 4.79 Å². The molecule has 0 aliphatic heterocycles. The highest BCUT2D eigenvalue weighted by Gasteiger charge is 2.09. The fourth-order valence-corrected chi connectivity index (χ4v) is 1.35. The average molecular weight is 234 g/mol. The Balaban J connectivity index is 2.38. The Morgan fingerprint density at radius 3 is 2.82 bits per heavy atom. The number of ether oxygens (including phenoxy) is 1. The smallest absolute Gasteiger partial charge is 0.257 e. The fraction of sp³-hybridized carbons (Fsp3) is 0.167. The van der Waals surface area contributed by atoms with Gasteiger partial charge in [-0.15, -0.1) is 0 Å². The van der Waals surface area contributed by atoms with Crippen molar-refractivity contribution in [1.82, 2.24) is 9.97 Å². The molecule has 0 radical (unpaired) electrons. The summed E-state index contributed by atoms with van der Waals surface area (Å²) < 4.78 is 18.8. The van der Waals surface area contributed by atoms with E-state index in [4.69, 9.17) is 4.74 Å². The normalized spacial score (nSPS) is 10.3. The summed E-state index contributed by atoms with van der Waals surface area (Å²) in [4.78, 5) is 17.6. The van der Waals surface area contributed by atoms with Crippen molar-refractivity contribution >= 4 is 0 Å². The number of halogens is 1. The maximum absolute atomic E-state index is 13.5. The molecular weight excluding hydrogens is 223 g/mol. The second kappa shape index (κ2) is 4.37. The van der Waals surface area contributed by atoms with Crippen molar-refractivity contribution in [2.45, 2.75) is 13.8 Å². The van der Waals surface area contributed by atoms with Crippen LogP contribution in [-0.4, -0.2) is 9.97 Å². The fourth-order valence-electron chi connectivity index (χ4n) is 1.35. The number of hydrogen-bond acceptors (Lipinski definition) is 3. The van der Waals surface area contributed by atoms with Gasteiger partial charge in [0, 0.05) is 0 Å². The van der Waals surface area contributed by atoms with E-state index >= 15 is 0 Å². The third-order valence-corrected chi connectivity index (χ3v) is 2.33. The first-order valence-corrected chi connectivity index (χ1v) is 5.06. The summed E-state index contributed by atoms with van der Waals surface area (Å²) >= 11 is 0. The minimum absolute atomic E-state index is 0.0526. The first-order chi connectivity index (χ1) is 8.08. The van der Waals surface area contributed by atoms with Crippen molar-refractivity contribution in [3.8, 4) is 11.6 Å². The van der Waals surface area contributed by atoms with Crippen LogP contribution >= 0.6 is 0 Å². The molecule has 0 bridgehead atoms. The van der Waals surface area contributed by atoms with E-state index in [9.17, 15) is 9.18 Å². The number of aryl methyl sites for hydroxylation is 1. The first-order valence-electron chi connectivity index (χ1n) is 5.06. The van der Waals surface area contributed by atoms with E-state index in [1.54, 1.807) is 19.9 Å². The summed E-state index contributed by atoms with van der Waals surface area (Å²) in [5.74, 6) is -0.320. The van der Waals surface area contributed by atoms with Gasteiger partial charge in [-0.25, -0.2) is 9.37 Å². The molecule has 17 heavy (non-hydrogen) atoms. The molecule has 0 fully saturated rings. The number of aromatic amines is 1. The number of H-pyrrole nitrogens is 1. The molecule has 1 aromatic heterocycles. The van der Waals surface area contributed by atoms with Crippen LogP contribution in [0.4, 0.5) is 4.39 Å². The number of hydrogen-bond donors (Lipinski definition) is 1. The predicted octanol–water partition coefficient (Wildman–Crippen LogP) is 2.32. The van der Waals surface area contributed by atoms with Crippen LogP contribution in [0.1, 0.15) is 11.1 Å². The summed E-state index contributed by atoms with van der Waals surface area (Å²) in [6.45, 7) is 3.34. The largest absolute Gasteiger partial charge is 0.435 e. The molecule has 0 saturated heterocycles. The summed E-state index contributed by atoms with van der Waals surface area (Å²) in [5, 5.41) is 0. The van der Waals surface area contributed by atoms with Crippen molar-refractivity contribution in [3.63, 3.8) is 0 Å². The maximum Gasteiger partial charge on any atom is 0.257 e. The van der Waals surface area contributed by atoms with Crippen LogP contribution in [0.5, 0.6) is 11.6 Å². The minimum Gasteiger partial charge on any atom is -0.435 e. The van der Waals surface area contributed by atoms with Crippen LogP contribution in [-0.2, 0) is 0 Å². The molecule has 0 atom stereocenters. The molecule has 2 aromatic rings. The van der Waals surface area contributed by atoms with Gasteiger partial charge in [0.15, 0.2) is 11.6 Å². The van der Waals surface area contributed by atoms with Crippen molar-refractivity contribution < 1.29 is 9.13 Å². The zero-order valence-corrected chi connectivity index (χ0v) is 9.45. The minimum atomic E-state index is -0.480. The molecule has 2 rings (SSSR count). The van der Waals surface area contributed by atoms with Crippen LogP contribution in [0.3, 0.4) is 0 Å². The highest BCUT2D eigenvalue weighted by molar-refractivity contribution is 5.33. The molecule has 0 spiro atoms. The Morgan fingerprint density at radius 2 is 2.12 bits per heavy atom. The monoisotopic (exact) mass is 234 g/mol. The summed E-state index contributed by atoms with van der Waals surface area (Å²) in [7, 11) is 0. The number of aromatic nitrogens is 2. The molecule has 4 nitrogen and oxygen atoms in total. The lowest BCUT2D eigenvalue weighted by molar-refractivity contribution is 0.422. The standard InChI is InChI=1S/C12H11FN2O2/c1-7-3-4-10(9(13)5-7)17-12-8(2)11(16)14-6-15-12/h3-6H,1-2H3,(H,14,15,16). The van der Waals surface area contributed by atoms with Crippen LogP contribution in [0, 0.1) is 19.7 Å². The van der Waals surface area contributed by atoms with Gasteiger partial charge in [-0.05, 0) is 31.5 Å². The van der Waals surface area contributed by atoms with Gasteiger partial charge < -0.3 is 9.72 Å². The lowest BCUT2D eigenvalue weighted by atomic mass is 10.2. The van der Waals surface area contributed by atoms with Crippen LogP contribution in [0.15, 0.2) is 29.3 Å². The predicted molar refractivity (Wildman–Crippen MR) is 60.8 cm³/mol. The van der Waals surface area contributed by atoms with E-state index in [-0.39, 0.29) is 17.2 Å². The topological polar surface area (TPSA) is 55.0 Å². The first kappa shape index (κ1) is 11.3. The van der Waals surface area contributed by atoms with Gasteiger partial charge in [-0.1, -0.05) is 6.07 Å².